The summed E-state index contributed by atoms with van der Waals surface area (Å²) >= 11 is 0. The van der Waals surface area contributed by atoms with Gasteiger partial charge in [-0.1, -0.05) is 60.7 Å². The van der Waals surface area contributed by atoms with Crippen LogP contribution in [0, 0.1) is 0 Å². The Labute approximate surface area is 129 Å². The van der Waals surface area contributed by atoms with Crippen LogP contribution < -0.4 is 0 Å². The van der Waals surface area contributed by atoms with Crippen molar-refractivity contribution < 1.29 is 19.1 Å². The molecule has 2 rings (SSSR count). The number of rotatable bonds is 8. The predicted octanol–water partition coefficient (Wildman–Crippen LogP) is 3.02. The molecule has 0 bridgehead atoms. The second-order valence-electron chi connectivity index (χ2n) is 4.74. The van der Waals surface area contributed by atoms with Gasteiger partial charge in [-0.3, -0.25) is 9.59 Å². The van der Waals surface area contributed by atoms with Crippen molar-refractivity contribution in [2.45, 2.75) is 13.0 Å². The van der Waals surface area contributed by atoms with Crippen LogP contribution in [0.1, 0.15) is 22.3 Å². The summed E-state index contributed by atoms with van der Waals surface area (Å²) < 4.78 is 10.3. The van der Waals surface area contributed by atoms with Gasteiger partial charge in [-0.25, -0.2) is 0 Å². The Morgan fingerprint density at radius 1 is 0.864 bits per heavy atom. The van der Waals surface area contributed by atoms with Gasteiger partial charge < -0.3 is 9.47 Å². The fraction of sp³-hybridized carbons (Fsp3) is 0.222. The molecule has 0 spiro atoms. The Balaban J connectivity index is 1.61. The third-order valence-electron chi connectivity index (χ3n) is 3.02. The number of Topliss-reactive ketones (excluding diaryl/α,β-unsaturated/α-hetero) is 1. The van der Waals surface area contributed by atoms with Crippen molar-refractivity contribution in [3.63, 3.8) is 0 Å². The van der Waals surface area contributed by atoms with Gasteiger partial charge in [0.1, 0.15) is 0 Å². The van der Waals surface area contributed by atoms with Crippen LogP contribution in [-0.2, 0) is 20.9 Å². The first-order valence-electron chi connectivity index (χ1n) is 7.11. The Kier molecular flexibility index (Phi) is 6.33. The van der Waals surface area contributed by atoms with E-state index >= 15 is 0 Å². The van der Waals surface area contributed by atoms with Gasteiger partial charge in [-0.2, -0.15) is 0 Å². The number of hydrogen-bond donors (Lipinski definition) is 0. The number of carbonyl (C=O) groups excluding carboxylic acids is 2. The minimum Gasteiger partial charge on any atom is -0.457 e. The van der Waals surface area contributed by atoms with Crippen LogP contribution in [0.4, 0.5) is 0 Å². The number of ketones is 1. The van der Waals surface area contributed by atoms with Crippen molar-refractivity contribution in [1.29, 1.82) is 0 Å². The molecule has 22 heavy (non-hydrogen) atoms. The zero-order valence-corrected chi connectivity index (χ0v) is 12.2. The summed E-state index contributed by atoms with van der Waals surface area (Å²) in [5.41, 5.74) is 1.59. The highest BCUT2D eigenvalue weighted by Crippen LogP contribution is 2.02. The topological polar surface area (TPSA) is 52.6 Å². The highest BCUT2D eigenvalue weighted by Gasteiger charge is 2.09. The molecular weight excluding hydrogens is 280 g/mol. The summed E-state index contributed by atoms with van der Waals surface area (Å²) in [5, 5.41) is 0. The van der Waals surface area contributed by atoms with Crippen molar-refractivity contribution in [1.82, 2.24) is 0 Å². The van der Waals surface area contributed by atoms with Crippen molar-refractivity contribution in [2.24, 2.45) is 0 Å². The second-order valence-corrected chi connectivity index (χ2v) is 4.74. The van der Waals surface area contributed by atoms with Gasteiger partial charge in [-0.15, -0.1) is 0 Å². The minimum atomic E-state index is -0.433. The van der Waals surface area contributed by atoms with E-state index in [2.05, 4.69) is 0 Å². The zero-order chi connectivity index (χ0) is 15.6. The van der Waals surface area contributed by atoms with E-state index in [1.807, 2.05) is 36.4 Å². The first kappa shape index (κ1) is 15.9. The predicted molar refractivity (Wildman–Crippen MR) is 82.4 cm³/mol. The molecule has 0 aliphatic carbocycles. The molecule has 0 heterocycles. The third-order valence-corrected chi connectivity index (χ3v) is 3.02. The molecule has 0 aliphatic heterocycles. The van der Waals surface area contributed by atoms with Crippen LogP contribution in [0.2, 0.25) is 0 Å². The zero-order valence-electron chi connectivity index (χ0n) is 12.2. The smallest absolute Gasteiger partial charge is 0.308 e. The van der Waals surface area contributed by atoms with E-state index in [0.717, 1.165) is 5.56 Å². The summed E-state index contributed by atoms with van der Waals surface area (Å²) in [7, 11) is 0. The van der Waals surface area contributed by atoms with Crippen LogP contribution >= 0.6 is 0 Å². The summed E-state index contributed by atoms with van der Waals surface area (Å²) in [5.74, 6) is -0.642. The number of esters is 1. The molecule has 0 amide bonds. The first-order chi connectivity index (χ1) is 10.8. The lowest BCUT2D eigenvalue weighted by Crippen LogP contribution is -2.15. The maximum absolute atomic E-state index is 11.8. The molecule has 0 fully saturated rings. The molecular formula is C18H18O4. The van der Waals surface area contributed by atoms with Crippen LogP contribution in [0.15, 0.2) is 60.7 Å². The number of benzene rings is 2. The quantitative estimate of drug-likeness (QED) is 0.427. The van der Waals surface area contributed by atoms with Crippen molar-refractivity contribution >= 4 is 11.8 Å². The highest BCUT2D eigenvalue weighted by molar-refractivity contribution is 5.97. The fourth-order valence-corrected chi connectivity index (χ4v) is 1.85. The molecule has 0 saturated heterocycles. The summed E-state index contributed by atoms with van der Waals surface area (Å²) in [6, 6.07) is 18.5. The molecule has 0 aliphatic rings. The number of hydrogen-bond acceptors (Lipinski definition) is 4. The molecule has 4 heteroatoms. The van der Waals surface area contributed by atoms with E-state index in [9.17, 15) is 9.59 Å². The van der Waals surface area contributed by atoms with E-state index in [1.165, 1.54) is 0 Å². The standard InChI is InChI=1S/C18H18O4/c19-17(16-9-5-2-6-10-16)14-22-18(20)11-12-21-13-15-7-3-1-4-8-15/h1-10H,11-14H2. The molecule has 0 aromatic heterocycles. The summed E-state index contributed by atoms with van der Waals surface area (Å²) in [4.78, 5) is 23.3. The van der Waals surface area contributed by atoms with Gasteiger partial charge in [0.2, 0.25) is 0 Å². The maximum atomic E-state index is 11.8. The molecule has 114 valence electrons. The van der Waals surface area contributed by atoms with Gasteiger partial charge in [0, 0.05) is 5.56 Å². The van der Waals surface area contributed by atoms with Crippen LogP contribution in [0.5, 0.6) is 0 Å². The first-order valence-corrected chi connectivity index (χ1v) is 7.11. The highest BCUT2D eigenvalue weighted by atomic mass is 16.5. The van der Waals surface area contributed by atoms with Gasteiger partial charge in [-0.05, 0) is 5.56 Å². The van der Waals surface area contributed by atoms with E-state index < -0.39 is 5.97 Å². The maximum Gasteiger partial charge on any atom is 0.308 e. The van der Waals surface area contributed by atoms with Gasteiger partial charge in [0.05, 0.1) is 19.6 Å². The second kappa shape index (κ2) is 8.74. The largest absolute Gasteiger partial charge is 0.457 e. The average Bonchev–Trinajstić information content (AvgIpc) is 2.58. The molecule has 0 atom stereocenters. The summed E-state index contributed by atoms with van der Waals surface area (Å²) in [6.07, 6.45) is 0.134. The molecule has 0 N–H and O–H groups in total. The van der Waals surface area contributed by atoms with Gasteiger partial charge in [0.15, 0.2) is 12.4 Å². The van der Waals surface area contributed by atoms with Crippen LogP contribution in [0.25, 0.3) is 0 Å². The SMILES string of the molecule is O=C(CCOCc1ccccc1)OCC(=O)c1ccccc1. The monoisotopic (exact) mass is 298 g/mol. The Morgan fingerprint density at radius 3 is 2.18 bits per heavy atom. The van der Waals surface area contributed by atoms with Gasteiger partial charge >= 0.3 is 5.97 Å². The summed E-state index contributed by atoms with van der Waals surface area (Å²) in [6.45, 7) is 0.492. The minimum absolute atomic E-state index is 0.134. The lowest BCUT2D eigenvalue weighted by Gasteiger charge is -2.06. The Morgan fingerprint density at radius 2 is 1.50 bits per heavy atom. The molecule has 2 aromatic rings. The lowest BCUT2D eigenvalue weighted by molar-refractivity contribution is -0.143. The molecule has 0 unspecified atom stereocenters. The van der Waals surface area contributed by atoms with Crippen molar-refractivity contribution in [2.75, 3.05) is 13.2 Å². The van der Waals surface area contributed by atoms with E-state index in [4.69, 9.17) is 9.47 Å². The van der Waals surface area contributed by atoms with E-state index in [0.29, 0.717) is 12.2 Å². The van der Waals surface area contributed by atoms with E-state index in [-0.39, 0.29) is 25.4 Å². The molecule has 2 aromatic carbocycles. The number of carbonyl (C=O) groups is 2. The van der Waals surface area contributed by atoms with Crippen molar-refractivity contribution in [3.8, 4) is 0 Å². The van der Waals surface area contributed by atoms with E-state index in [1.54, 1.807) is 24.3 Å². The van der Waals surface area contributed by atoms with Crippen molar-refractivity contribution in [3.05, 3.63) is 71.8 Å². The van der Waals surface area contributed by atoms with Crippen LogP contribution in [0.3, 0.4) is 0 Å². The Bertz CT molecular complexity index is 593. The normalized spacial score (nSPS) is 10.2. The lowest BCUT2D eigenvalue weighted by atomic mass is 10.1. The Hall–Kier alpha value is -2.46. The molecule has 4 nitrogen and oxygen atoms in total. The third kappa shape index (κ3) is 5.50. The average molecular weight is 298 g/mol. The fourth-order valence-electron chi connectivity index (χ4n) is 1.85. The van der Waals surface area contributed by atoms with Gasteiger partial charge in [0.25, 0.3) is 0 Å². The molecule has 0 radical (unpaired) electrons. The molecule has 0 saturated carbocycles. The number of ether oxygens (including phenoxy) is 2. The van der Waals surface area contributed by atoms with Crippen LogP contribution in [-0.4, -0.2) is 25.0 Å².